The van der Waals surface area contributed by atoms with E-state index in [0.717, 1.165) is 22.1 Å². The van der Waals surface area contributed by atoms with E-state index in [4.69, 9.17) is 0 Å². The maximum atomic E-state index is 4.23. The molecule has 0 spiro atoms. The fourth-order valence-electron chi connectivity index (χ4n) is 6.54. The van der Waals surface area contributed by atoms with E-state index in [0.29, 0.717) is 0 Å². The zero-order valence-corrected chi connectivity index (χ0v) is 37.0. The fourth-order valence-corrected chi connectivity index (χ4v) is 6.54. The SMILES string of the molecule is CCCCCCCCCCCCN1C=NCC1.CCCCCCCCCCCC[N+](C)(C)C.CCCCCCCCCCCC[N+](C)(C)C.[OH-].[OH-]. The van der Waals surface area contributed by atoms with Crippen molar-refractivity contribution in [2.45, 2.75) is 213 Å². The Hall–Kier alpha value is -0.690. The minimum absolute atomic E-state index is 0. The molecule has 2 N–H and O–H groups in total. The Bertz CT molecular complexity index is 611. The molecule has 0 aliphatic carbocycles. The minimum atomic E-state index is 0. The van der Waals surface area contributed by atoms with Crippen LogP contribution < -0.4 is 0 Å². The molecule has 0 aromatic heterocycles. The normalized spacial score (nSPS) is 12.5. The highest BCUT2D eigenvalue weighted by molar-refractivity contribution is 5.56. The molecule has 6 nitrogen and oxygen atoms in total. The van der Waals surface area contributed by atoms with Gasteiger partial charge in [-0.3, -0.25) is 4.99 Å². The third kappa shape index (κ3) is 56.2. The number of aliphatic imine (C=N–C) groups is 1. The molecule has 1 rings (SSSR count). The van der Waals surface area contributed by atoms with Crippen LogP contribution in [-0.4, -0.2) is 106 Å². The third-order valence-corrected chi connectivity index (χ3v) is 9.93. The number of rotatable bonds is 33. The monoisotopic (exact) mass is 729 g/mol. The lowest BCUT2D eigenvalue weighted by atomic mass is 10.1. The van der Waals surface area contributed by atoms with Gasteiger partial charge in [0, 0.05) is 13.1 Å². The molecular formula is C45H100N4O2. The van der Waals surface area contributed by atoms with Crippen LogP contribution >= 0.6 is 0 Å². The molecule has 312 valence electrons. The molecule has 1 aliphatic heterocycles. The second-order valence-electron chi connectivity index (χ2n) is 17.6. The van der Waals surface area contributed by atoms with Crippen molar-refractivity contribution in [1.82, 2.24) is 4.90 Å². The van der Waals surface area contributed by atoms with Gasteiger partial charge < -0.3 is 24.8 Å². The predicted molar refractivity (Wildman–Crippen MR) is 230 cm³/mol. The molecular weight excluding hydrogens is 629 g/mol. The van der Waals surface area contributed by atoms with Crippen LogP contribution in [-0.2, 0) is 0 Å². The van der Waals surface area contributed by atoms with E-state index in [9.17, 15) is 0 Å². The standard InChI is InChI=1S/C15H30N2.2C15H34N.2H2O/c1-2-3-4-5-6-7-8-9-10-11-13-17-14-12-16-15-17;2*1-5-6-7-8-9-10-11-12-13-14-15-16(2,3)4;;/h15H,2-14H2,1H3;2*5-15H2,1-4H3;2*1H2/q;2*+1;;/p-2. The lowest BCUT2D eigenvalue weighted by Gasteiger charge is -2.23. The average molecular weight is 729 g/mol. The van der Waals surface area contributed by atoms with E-state index in [-0.39, 0.29) is 11.0 Å². The van der Waals surface area contributed by atoms with Crippen LogP contribution in [0, 0.1) is 0 Å². The van der Waals surface area contributed by atoms with Gasteiger partial charge in [0.1, 0.15) is 0 Å². The molecule has 0 fully saturated rings. The first-order valence-electron chi connectivity index (χ1n) is 22.4. The summed E-state index contributed by atoms with van der Waals surface area (Å²) in [6.45, 7) is 12.9. The Morgan fingerprint density at radius 1 is 0.392 bits per heavy atom. The van der Waals surface area contributed by atoms with Crippen LogP contribution in [0.3, 0.4) is 0 Å². The van der Waals surface area contributed by atoms with Crippen molar-refractivity contribution >= 4 is 6.34 Å². The van der Waals surface area contributed by atoms with Crippen LogP contribution in [0.5, 0.6) is 0 Å². The first-order valence-corrected chi connectivity index (χ1v) is 22.4. The maximum Gasteiger partial charge on any atom is 0.0851 e. The number of nitrogens with zero attached hydrogens (tertiary/aromatic N) is 4. The van der Waals surface area contributed by atoms with Crippen molar-refractivity contribution in [1.29, 1.82) is 0 Å². The molecule has 0 aromatic rings. The van der Waals surface area contributed by atoms with E-state index in [2.05, 4.69) is 72.9 Å². The van der Waals surface area contributed by atoms with Gasteiger partial charge in [-0.05, 0) is 32.1 Å². The number of hydrogen-bond acceptors (Lipinski definition) is 4. The van der Waals surface area contributed by atoms with Crippen molar-refractivity contribution in [2.75, 3.05) is 75.0 Å². The Kier molecular flexibility index (Phi) is 48.9. The summed E-state index contributed by atoms with van der Waals surface area (Å²) in [5.41, 5.74) is 0. The van der Waals surface area contributed by atoms with Crippen LogP contribution in [0.15, 0.2) is 4.99 Å². The summed E-state index contributed by atoms with van der Waals surface area (Å²) >= 11 is 0. The largest absolute Gasteiger partial charge is 0.870 e. The Balaban J connectivity index is -0.000000319. The van der Waals surface area contributed by atoms with Crippen LogP contribution in [0.4, 0.5) is 0 Å². The first-order chi connectivity index (χ1) is 23.6. The lowest BCUT2D eigenvalue weighted by molar-refractivity contribution is -0.870. The average Bonchev–Trinajstić information content (AvgIpc) is 3.57. The fraction of sp³-hybridized carbons (Fsp3) is 0.978. The quantitative estimate of drug-likeness (QED) is 0.0499. The van der Waals surface area contributed by atoms with E-state index in [1.165, 1.54) is 212 Å². The summed E-state index contributed by atoms with van der Waals surface area (Å²) in [6.07, 6.45) is 45.1. The molecule has 0 bridgehead atoms. The van der Waals surface area contributed by atoms with E-state index >= 15 is 0 Å². The summed E-state index contributed by atoms with van der Waals surface area (Å²) in [6, 6.07) is 0. The first kappa shape index (κ1) is 57.0. The molecule has 1 aliphatic rings. The Labute approximate surface area is 323 Å². The predicted octanol–water partition coefficient (Wildman–Crippen LogP) is 13.1. The van der Waals surface area contributed by atoms with Crippen LogP contribution in [0.25, 0.3) is 0 Å². The van der Waals surface area contributed by atoms with Gasteiger partial charge in [-0.15, -0.1) is 0 Å². The highest BCUT2D eigenvalue weighted by atomic mass is 16.0. The molecule has 0 atom stereocenters. The summed E-state index contributed by atoms with van der Waals surface area (Å²) in [7, 11) is 13.7. The van der Waals surface area contributed by atoms with E-state index in [1.807, 2.05) is 6.34 Å². The van der Waals surface area contributed by atoms with Crippen molar-refractivity contribution in [2.24, 2.45) is 4.99 Å². The van der Waals surface area contributed by atoms with Crippen molar-refractivity contribution < 1.29 is 19.9 Å². The minimum Gasteiger partial charge on any atom is -0.870 e. The molecule has 0 saturated heterocycles. The zero-order valence-electron chi connectivity index (χ0n) is 37.0. The molecule has 0 unspecified atom stereocenters. The van der Waals surface area contributed by atoms with E-state index in [1.54, 1.807) is 0 Å². The highest BCUT2D eigenvalue weighted by Gasteiger charge is 2.06. The molecule has 1 heterocycles. The molecule has 0 aromatic carbocycles. The second kappa shape index (κ2) is 43.7. The van der Waals surface area contributed by atoms with Crippen LogP contribution in [0.1, 0.15) is 213 Å². The van der Waals surface area contributed by atoms with Gasteiger partial charge in [0.05, 0.1) is 68.3 Å². The van der Waals surface area contributed by atoms with Gasteiger partial charge in [0.15, 0.2) is 0 Å². The molecule has 0 amide bonds. The third-order valence-electron chi connectivity index (χ3n) is 9.93. The summed E-state index contributed by atoms with van der Waals surface area (Å²) < 4.78 is 2.24. The van der Waals surface area contributed by atoms with Gasteiger partial charge in [0.2, 0.25) is 0 Å². The number of unbranched alkanes of at least 4 members (excludes halogenated alkanes) is 27. The van der Waals surface area contributed by atoms with Gasteiger partial charge in [-0.1, -0.05) is 181 Å². The number of quaternary nitrogens is 2. The second-order valence-corrected chi connectivity index (χ2v) is 17.6. The lowest BCUT2D eigenvalue weighted by Crippen LogP contribution is -2.35. The van der Waals surface area contributed by atoms with Crippen molar-refractivity contribution in [3.8, 4) is 0 Å². The molecule has 0 saturated carbocycles. The summed E-state index contributed by atoms with van der Waals surface area (Å²) in [5.74, 6) is 0. The molecule has 6 heteroatoms. The topological polar surface area (TPSA) is 75.6 Å². The van der Waals surface area contributed by atoms with Crippen LogP contribution in [0.2, 0.25) is 0 Å². The Morgan fingerprint density at radius 3 is 0.882 bits per heavy atom. The van der Waals surface area contributed by atoms with Gasteiger partial charge in [-0.2, -0.15) is 0 Å². The van der Waals surface area contributed by atoms with Crippen molar-refractivity contribution in [3.63, 3.8) is 0 Å². The van der Waals surface area contributed by atoms with Gasteiger partial charge in [0.25, 0.3) is 0 Å². The Morgan fingerprint density at radius 2 is 0.647 bits per heavy atom. The maximum absolute atomic E-state index is 4.23. The smallest absolute Gasteiger partial charge is 0.0851 e. The van der Waals surface area contributed by atoms with Gasteiger partial charge >= 0.3 is 0 Å². The van der Waals surface area contributed by atoms with Gasteiger partial charge in [-0.25, -0.2) is 0 Å². The highest BCUT2D eigenvalue weighted by Crippen LogP contribution is 2.13. The number of hydrogen-bond donors (Lipinski definition) is 0. The summed E-state index contributed by atoms with van der Waals surface area (Å²) in [4.78, 5) is 6.58. The molecule has 51 heavy (non-hydrogen) atoms. The van der Waals surface area contributed by atoms with Crippen molar-refractivity contribution in [3.05, 3.63) is 0 Å². The van der Waals surface area contributed by atoms with E-state index < -0.39 is 0 Å². The zero-order chi connectivity index (χ0) is 36.7. The molecule has 0 radical (unpaired) electrons. The summed E-state index contributed by atoms with van der Waals surface area (Å²) in [5, 5.41) is 0.